The third-order valence-electron chi connectivity index (χ3n) is 7.13. The highest BCUT2D eigenvalue weighted by molar-refractivity contribution is 6.03. The number of aromatic nitrogens is 5. The number of hydrogen-bond acceptors (Lipinski definition) is 8. The van der Waals surface area contributed by atoms with Crippen molar-refractivity contribution in [1.29, 1.82) is 0 Å². The summed E-state index contributed by atoms with van der Waals surface area (Å²) in [6.07, 6.45) is 18.2. The van der Waals surface area contributed by atoms with Crippen molar-refractivity contribution in [2.75, 3.05) is 16.0 Å². The lowest BCUT2D eigenvalue weighted by molar-refractivity contribution is -0.118. The molecule has 0 bridgehead atoms. The summed E-state index contributed by atoms with van der Waals surface area (Å²) in [5.74, 6) is 0.760. The van der Waals surface area contributed by atoms with Crippen molar-refractivity contribution in [2.24, 2.45) is 0 Å². The molecule has 3 aromatic heterocycles. The zero-order valence-electron chi connectivity index (χ0n) is 21.1. The molecule has 3 aliphatic carbocycles. The van der Waals surface area contributed by atoms with E-state index in [1.165, 1.54) is 12.5 Å². The molecule has 6 rings (SSSR count). The molecular weight excluding hydrogens is 482 g/mol. The first-order chi connectivity index (χ1) is 18.6. The number of rotatable bonds is 8. The Balaban J connectivity index is 1.15. The van der Waals surface area contributed by atoms with Crippen molar-refractivity contribution in [2.45, 2.75) is 69.5 Å². The SMILES string of the molecule is O=C(NC1CCC(Nc2cc(NC3CC3)c3ncc(C(=O)Nc4ccncn4)n3n2)CC1)C1=CCCC=C1. The number of imidazole rings is 1. The van der Waals surface area contributed by atoms with Crippen LogP contribution in [0.15, 0.2) is 54.7 Å². The Bertz CT molecular complexity index is 1390. The molecule has 4 N–H and O–H groups in total. The fourth-order valence-electron chi connectivity index (χ4n) is 4.93. The van der Waals surface area contributed by atoms with Crippen LogP contribution in [-0.2, 0) is 4.79 Å². The number of nitrogens with zero attached hydrogens (tertiary/aromatic N) is 5. The molecular formula is C27H31N9O2. The predicted octanol–water partition coefficient (Wildman–Crippen LogP) is 3.46. The summed E-state index contributed by atoms with van der Waals surface area (Å²) in [7, 11) is 0. The van der Waals surface area contributed by atoms with Crippen LogP contribution in [0.2, 0.25) is 0 Å². The van der Waals surface area contributed by atoms with Gasteiger partial charge < -0.3 is 21.3 Å². The van der Waals surface area contributed by atoms with Gasteiger partial charge in [-0.3, -0.25) is 9.59 Å². The van der Waals surface area contributed by atoms with Gasteiger partial charge in [-0.1, -0.05) is 18.2 Å². The van der Waals surface area contributed by atoms with E-state index in [2.05, 4.69) is 42.3 Å². The molecule has 0 unspecified atom stereocenters. The molecule has 3 aromatic rings. The molecule has 11 nitrogen and oxygen atoms in total. The van der Waals surface area contributed by atoms with E-state index in [-0.39, 0.29) is 23.9 Å². The summed E-state index contributed by atoms with van der Waals surface area (Å²) in [6, 6.07) is 4.41. The molecule has 0 spiro atoms. The van der Waals surface area contributed by atoms with Gasteiger partial charge in [-0.25, -0.2) is 19.5 Å². The summed E-state index contributed by atoms with van der Waals surface area (Å²) in [4.78, 5) is 38.0. The summed E-state index contributed by atoms with van der Waals surface area (Å²) in [6.45, 7) is 0. The van der Waals surface area contributed by atoms with Gasteiger partial charge in [0.05, 0.1) is 11.9 Å². The number of hydrogen-bond donors (Lipinski definition) is 4. The molecule has 2 saturated carbocycles. The molecule has 11 heteroatoms. The van der Waals surface area contributed by atoms with Crippen molar-refractivity contribution in [3.05, 3.63) is 60.3 Å². The van der Waals surface area contributed by atoms with E-state index in [9.17, 15) is 9.59 Å². The van der Waals surface area contributed by atoms with E-state index in [1.807, 2.05) is 18.2 Å². The van der Waals surface area contributed by atoms with Crippen LogP contribution in [0.3, 0.4) is 0 Å². The Morgan fingerprint density at radius 1 is 0.895 bits per heavy atom. The quantitative estimate of drug-likeness (QED) is 0.359. The third-order valence-corrected chi connectivity index (χ3v) is 7.13. The number of anilines is 3. The van der Waals surface area contributed by atoms with E-state index < -0.39 is 0 Å². The van der Waals surface area contributed by atoms with Gasteiger partial charge in [0.25, 0.3) is 11.8 Å². The van der Waals surface area contributed by atoms with Gasteiger partial charge in [-0.05, 0) is 57.4 Å². The van der Waals surface area contributed by atoms with Gasteiger partial charge in [-0.2, -0.15) is 0 Å². The smallest absolute Gasteiger partial charge is 0.277 e. The lowest BCUT2D eigenvalue weighted by Crippen LogP contribution is -2.40. The number of carbonyl (C=O) groups is 2. The Labute approximate surface area is 220 Å². The standard InChI is InChI=1S/C27H31N9O2/c37-26(17-4-2-1-3-5-17)33-20-10-8-19(9-11-20)32-24-14-21(31-18-6-7-18)25-29-15-22(36(25)35-24)27(38)34-23-12-13-28-16-30-23/h2,4-5,12-16,18-20,31H,1,3,6-11H2,(H,32,35)(H,33,37)(H,28,30,34,38). The minimum Gasteiger partial charge on any atom is -0.379 e. The van der Waals surface area contributed by atoms with Crippen molar-refractivity contribution >= 4 is 34.8 Å². The van der Waals surface area contributed by atoms with Gasteiger partial charge in [-0.15, -0.1) is 5.10 Å². The summed E-state index contributed by atoms with van der Waals surface area (Å²) in [5, 5.41) is 17.8. The lowest BCUT2D eigenvalue weighted by atomic mass is 9.91. The number of amides is 2. The Morgan fingerprint density at radius 2 is 1.68 bits per heavy atom. The van der Waals surface area contributed by atoms with E-state index in [4.69, 9.17) is 5.10 Å². The second kappa shape index (κ2) is 10.6. The van der Waals surface area contributed by atoms with Crippen LogP contribution in [0.1, 0.15) is 61.9 Å². The van der Waals surface area contributed by atoms with E-state index >= 15 is 0 Å². The summed E-state index contributed by atoms with van der Waals surface area (Å²) in [5.41, 5.74) is 2.54. The van der Waals surface area contributed by atoms with Crippen LogP contribution in [0.4, 0.5) is 17.3 Å². The summed E-state index contributed by atoms with van der Waals surface area (Å²) >= 11 is 0. The molecule has 2 fully saturated rings. The Morgan fingerprint density at radius 3 is 2.42 bits per heavy atom. The third kappa shape index (κ3) is 5.51. The van der Waals surface area contributed by atoms with E-state index in [1.54, 1.807) is 16.8 Å². The highest BCUT2D eigenvalue weighted by Crippen LogP contribution is 2.30. The first-order valence-corrected chi connectivity index (χ1v) is 13.3. The first-order valence-electron chi connectivity index (χ1n) is 13.3. The maximum Gasteiger partial charge on any atom is 0.277 e. The molecule has 0 radical (unpaired) electrons. The maximum atomic E-state index is 13.0. The van der Waals surface area contributed by atoms with Crippen LogP contribution in [0, 0.1) is 0 Å². The van der Waals surface area contributed by atoms with Gasteiger partial charge in [0, 0.05) is 36.0 Å². The first kappa shape index (κ1) is 24.1. The van der Waals surface area contributed by atoms with Gasteiger partial charge in [0.15, 0.2) is 11.3 Å². The second-order valence-corrected chi connectivity index (χ2v) is 10.1. The predicted molar refractivity (Wildman–Crippen MR) is 144 cm³/mol. The maximum absolute atomic E-state index is 13.0. The van der Waals surface area contributed by atoms with Crippen molar-refractivity contribution in [1.82, 2.24) is 29.9 Å². The molecule has 0 aliphatic heterocycles. The molecule has 3 aliphatic rings. The molecule has 38 heavy (non-hydrogen) atoms. The summed E-state index contributed by atoms with van der Waals surface area (Å²) < 4.78 is 1.58. The fourth-order valence-corrected chi connectivity index (χ4v) is 4.93. The normalized spacial score (nSPS) is 21.0. The van der Waals surface area contributed by atoms with Crippen LogP contribution in [0.5, 0.6) is 0 Å². The molecule has 2 amide bonds. The Hall–Kier alpha value is -4.28. The molecule has 196 valence electrons. The topological polar surface area (TPSA) is 138 Å². The van der Waals surface area contributed by atoms with Crippen LogP contribution in [0.25, 0.3) is 5.65 Å². The Kier molecular flexibility index (Phi) is 6.72. The second-order valence-electron chi connectivity index (χ2n) is 10.1. The average molecular weight is 514 g/mol. The number of fused-ring (bicyclic) bond motifs is 1. The van der Waals surface area contributed by atoms with Crippen molar-refractivity contribution in [3.63, 3.8) is 0 Å². The van der Waals surface area contributed by atoms with Crippen LogP contribution < -0.4 is 21.3 Å². The van der Waals surface area contributed by atoms with E-state index in [0.717, 1.165) is 62.6 Å². The van der Waals surface area contributed by atoms with Gasteiger partial charge >= 0.3 is 0 Å². The zero-order valence-corrected chi connectivity index (χ0v) is 21.1. The van der Waals surface area contributed by atoms with Crippen molar-refractivity contribution < 1.29 is 9.59 Å². The average Bonchev–Trinajstić information content (AvgIpc) is 3.65. The van der Waals surface area contributed by atoms with Crippen LogP contribution >= 0.6 is 0 Å². The highest BCUT2D eigenvalue weighted by Gasteiger charge is 2.26. The highest BCUT2D eigenvalue weighted by atomic mass is 16.2. The number of carbonyl (C=O) groups excluding carboxylic acids is 2. The largest absolute Gasteiger partial charge is 0.379 e. The molecule has 0 saturated heterocycles. The molecule has 0 aromatic carbocycles. The lowest BCUT2D eigenvalue weighted by Gasteiger charge is -2.30. The zero-order chi connectivity index (χ0) is 25.9. The van der Waals surface area contributed by atoms with Gasteiger partial charge in [0.1, 0.15) is 18.0 Å². The minimum atomic E-state index is -0.350. The molecule has 3 heterocycles. The minimum absolute atomic E-state index is 0.0214. The van der Waals surface area contributed by atoms with Crippen LogP contribution in [-0.4, -0.2) is 54.5 Å². The van der Waals surface area contributed by atoms with Crippen molar-refractivity contribution in [3.8, 4) is 0 Å². The number of allylic oxidation sites excluding steroid dienone is 2. The van der Waals surface area contributed by atoms with E-state index in [0.29, 0.717) is 29.0 Å². The number of nitrogens with one attached hydrogen (secondary N) is 4. The fraction of sp³-hybridized carbons (Fsp3) is 0.407. The molecule has 0 atom stereocenters. The monoisotopic (exact) mass is 513 g/mol. The van der Waals surface area contributed by atoms with Gasteiger partial charge in [0.2, 0.25) is 0 Å².